The van der Waals surface area contributed by atoms with E-state index in [0.29, 0.717) is 51.6 Å². The summed E-state index contributed by atoms with van der Waals surface area (Å²) >= 11 is 2.16. The van der Waals surface area contributed by atoms with Crippen molar-refractivity contribution in [3.05, 3.63) is 88.1 Å². The van der Waals surface area contributed by atoms with E-state index < -0.39 is 29.3 Å². The molecule has 1 aromatic heterocycles. The lowest BCUT2D eigenvalue weighted by Gasteiger charge is -2.38. The van der Waals surface area contributed by atoms with Crippen LogP contribution in [0.4, 0.5) is 24.0 Å². The van der Waals surface area contributed by atoms with Crippen molar-refractivity contribution in [3.63, 3.8) is 0 Å². The molecular formula is C26H19F3N6O2S2. The number of allylic oxidation sites excluding steroid dienone is 3. The van der Waals surface area contributed by atoms with Crippen LogP contribution in [0.25, 0.3) is 0 Å². The van der Waals surface area contributed by atoms with E-state index in [1.165, 1.54) is 24.3 Å². The third-order valence-corrected chi connectivity index (χ3v) is 8.28. The standard InChI is InChI=1S/C26H19F3N6O2S2/c27-14-6-4-13(5-7-14)22-16(11-30)24(31)35(19-2-1-3-20(36)23(19)22)25-33-34-26(39-25)38-12-21(37)32-18-9-8-15(28)10-17(18)29/h4-10,22H,1-3,12,31H2,(H,32,37). The summed E-state index contributed by atoms with van der Waals surface area (Å²) in [6, 6.07) is 10.6. The number of nitrogens with zero attached hydrogens (tertiary/aromatic N) is 4. The minimum Gasteiger partial charge on any atom is -0.384 e. The van der Waals surface area contributed by atoms with Gasteiger partial charge >= 0.3 is 0 Å². The number of hydrogen-bond donors (Lipinski definition) is 2. The zero-order chi connectivity index (χ0) is 27.7. The van der Waals surface area contributed by atoms with Crippen LogP contribution in [0.2, 0.25) is 0 Å². The summed E-state index contributed by atoms with van der Waals surface area (Å²) in [5.74, 6) is -3.50. The maximum Gasteiger partial charge on any atom is 0.234 e. The van der Waals surface area contributed by atoms with E-state index in [-0.39, 0.29) is 28.6 Å². The Morgan fingerprint density at radius 2 is 1.90 bits per heavy atom. The van der Waals surface area contributed by atoms with E-state index in [4.69, 9.17) is 5.73 Å². The number of Topliss-reactive ketones (excluding diaryl/α,β-unsaturated/α-hetero) is 1. The van der Waals surface area contributed by atoms with Crippen molar-refractivity contribution >= 4 is 45.6 Å². The minimum atomic E-state index is -0.891. The second-order valence-electron chi connectivity index (χ2n) is 8.68. The molecule has 3 aromatic rings. The largest absolute Gasteiger partial charge is 0.384 e. The molecule has 1 unspecified atom stereocenters. The Kier molecular flexibility index (Phi) is 7.40. The summed E-state index contributed by atoms with van der Waals surface area (Å²) in [6.07, 6.45) is 1.40. The fourth-order valence-corrected chi connectivity index (χ4v) is 6.23. The van der Waals surface area contributed by atoms with Crippen molar-refractivity contribution in [2.45, 2.75) is 29.5 Å². The number of ketones is 1. The second kappa shape index (κ2) is 10.9. The molecule has 0 radical (unpaired) electrons. The Bertz CT molecular complexity index is 1580. The molecule has 39 heavy (non-hydrogen) atoms. The van der Waals surface area contributed by atoms with E-state index in [9.17, 15) is 28.0 Å². The number of halogens is 3. The molecular weight excluding hydrogens is 549 g/mol. The van der Waals surface area contributed by atoms with Gasteiger partial charge in [-0.2, -0.15) is 5.26 Å². The number of amides is 1. The maximum absolute atomic E-state index is 13.8. The lowest BCUT2D eigenvalue weighted by Crippen LogP contribution is -2.38. The molecule has 1 aliphatic carbocycles. The van der Waals surface area contributed by atoms with Crippen molar-refractivity contribution in [3.8, 4) is 6.07 Å². The van der Waals surface area contributed by atoms with Gasteiger partial charge in [0.05, 0.1) is 29.0 Å². The second-order valence-corrected chi connectivity index (χ2v) is 10.9. The molecule has 5 rings (SSSR count). The molecule has 8 nitrogen and oxygen atoms in total. The van der Waals surface area contributed by atoms with Crippen LogP contribution in [0.3, 0.4) is 0 Å². The Morgan fingerprint density at radius 3 is 2.62 bits per heavy atom. The third-order valence-electron chi connectivity index (χ3n) is 6.24. The smallest absolute Gasteiger partial charge is 0.234 e. The topological polar surface area (TPSA) is 125 Å². The molecule has 0 saturated carbocycles. The molecule has 3 N–H and O–H groups in total. The summed E-state index contributed by atoms with van der Waals surface area (Å²) in [5.41, 5.74) is 8.09. The van der Waals surface area contributed by atoms with Crippen molar-refractivity contribution in [2.24, 2.45) is 5.73 Å². The SMILES string of the molecule is N#CC1=C(N)N(c2nnc(SCC(=O)Nc3ccc(F)cc3F)s2)C2=C(C(=O)CCC2)C1c1ccc(F)cc1. The van der Waals surface area contributed by atoms with E-state index in [0.717, 1.165) is 35.2 Å². The van der Waals surface area contributed by atoms with Crippen LogP contribution in [0, 0.1) is 28.8 Å². The number of aromatic nitrogens is 2. The Balaban J connectivity index is 1.41. The minimum absolute atomic E-state index is 0.0949. The number of nitrogens with two attached hydrogens (primary N) is 1. The van der Waals surface area contributed by atoms with Gasteiger partial charge in [0.25, 0.3) is 0 Å². The summed E-state index contributed by atoms with van der Waals surface area (Å²) in [5, 5.41) is 21.0. The summed E-state index contributed by atoms with van der Waals surface area (Å²) in [4.78, 5) is 27.0. The normalized spacial score (nSPS) is 17.2. The van der Waals surface area contributed by atoms with Crippen LogP contribution in [-0.4, -0.2) is 27.6 Å². The van der Waals surface area contributed by atoms with Crippen molar-refractivity contribution in [2.75, 3.05) is 16.0 Å². The summed E-state index contributed by atoms with van der Waals surface area (Å²) in [6.45, 7) is 0. The number of hydrogen-bond acceptors (Lipinski definition) is 9. The van der Waals surface area contributed by atoms with Crippen LogP contribution in [0.1, 0.15) is 30.7 Å². The zero-order valence-electron chi connectivity index (χ0n) is 20.1. The number of carbonyl (C=O) groups is 2. The highest BCUT2D eigenvalue weighted by Crippen LogP contribution is 2.47. The van der Waals surface area contributed by atoms with Crippen LogP contribution < -0.4 is 16.0 Å². The monoisotopic (exact) mass is 568 g/mol. The highest BCUT2D eigenvalue weighted by Gasteiger charge is 2.41. The molecule has 198 valence electrons. The summed E-state index contributed by atoms with van der Waals surface area (Å²) in [7, 11) is 0. The maximum atomic E-state index is 13.8. The highest BCUT2D eigenvalue weighted by atomic mass is 32.2. The Labute approximate surface area is 229 Å². The van der Waals surface area contributed by atoms with Gasteiger partial charge in [0.2, 0.25) is 11.0 Å². The average Bonchev–Trinajstić information content (AvgIpc) is 3.37. The van der Waals surface area contributed by atoms with Gasteiger partial charge in [-0.25, -0.2) is 13.2 Å². The first-order chi connectivity index (χ1) is 18.8. The number of carbonyl (C=O) groups excluding carboxylic acids is 2. The fraction of sp³-hybridized carbons (Fsp3) is 0.192. The van der Waals surface area contributed by atoms with Gasteiger partial charge in [0.15, 0.2) is 10.1 Å². The molecule has 0 bridgehead atoms. The highest BCUT2D eigenvalue weighted by molar-refractivity contribution is 8.01. The average molecular weight is 569 g/mol. The summed E-state index contributed by atoms with van der Waals surface area (Å²) < 4.78 is 40.9. The van der Waals surface area contributed by atoms with Gasteiger partial charge in [-0.3, -0.25) is 14.5 Å². The van der Waals surface area contributed by atoms with Crippen LogP contribution >= 0.6 is 23.1 Å². The lowest BCUT2D eigenvalue weighted by molar-refractivity contribution is -0.116. The molecule has 0 fully saturated rings. The predicted molar refractivity (Wildman–Crippen MR) is 140 cm³/mol. The molecule has 0 saturated heterocycles. The number of nitrogens with one attached hydrogen (secondary N) is 1. The van der Waals surface area contributed by atoms with E-state index >= 15 is 0 Å². The number of rotatable bonds is 6. The van der Waals surface area contributed by atoms with Crippen LogP contribution in [0.5, 0.6) is 0 Å². The number of thioether (sulfide) groups is 1. The molecule has 2 aromatic carbocycles. The Hall–Kier alpha value is -4.15. The van der Waals surface area contributed by atoms with Crippen molar-refractivity contribution in [1.82, 2.24) is 10.2 Å². The zero-order valence-corrected chi connectivity index (χ0v) is 21.7. The van der Waals surface area contributed by atoms with Crippen LogP contribution in [0.15, 0.2) is 69.5 Å². The van der Waals surface area contributed by atoms with E-state index in [1.54, 1.807) is 4.90 Å². The van der Waals surface area contributed by atoms with E-state index in [1.807, 2.05) is 0 Å². The van der Waals surface area contributed by atoms with E-state index in [2.05, 4.69) is 21.6 Å². The Morgan fingerprint density at radius 1 is 1.15 bits per heavy atom. The molecule has 13 heteroatoms. The first kappa shape index (κ1) is 26.5. The molecule has 1 atom stereocenters. The van der Waals surface area contributed by atoms with Gasteiger partial charge in [-0.05, 0) is 42.7 Å². The molecule has 2 aliphatic rings. The van der Waals surface area contributed by atoms with Crippen LogP contribution in [-0.2, 0) is 9.59 Å². The van der Waals surface area contributed by atoms with Gasteiger partial charge in [0.1, 0.15) is 23.3 Å². The predicted octanol–water partition coefficient (Wildman–Crippen LogP) is 4.99. The molecule has 1 amide bonds. The molecule has 0 spiro atoms. The first-order valence-electron chi connectivity index (χ1n) is 11.7. The fourth-order valence-electron chi connectivity index (χ4n) is 4.55. The molecule has 2 heterocycles. The quantitative estimate of drug-likeness (QED) is 0.399. The van der Waals surface area contributed by atoms with Gasteiger partial charge in [0, 0.05) is 23.8 Å². The van der Waals surface area contributed by atoms with Gasteiger partial charge in [-0.15, -0.1) is 10.2 Å². The molecule has 1 aliphatic heterocycles. The number of benzene rings is 2. The van der Waals surface area contributed by atoms with Gasteiger partial charge < -0.3 is 11.1 Å². The number of nitriles is 1. The number of anilines is 2. The first-order valence-corrected chi connectivity index (χ1v) is 13.5. The lowest BCUT2D eigenvalue weighted by atomic mass is 9.76. The van der Waals surface area contributed by atoms with Crippen molar-refractivity contribution < 1.29 is 22.8 Å². The van der Waals surface area contributed by atoms with Crippen molar-refractivity contribution in [1.29, 1.82) is 5.26 Å². The third kappa shape index (κ3) is 5.25. The van der Waals surface area contributed by atoms with Gasteiger partial charge in [-0.1, -0.05) is 35.2 Å².